The minimum absolute atomic E-state index is 0.00149. The van der Waals surface area contributed by atoms with Crippen LogP contribution in [0.5, 0.6) is 0 Å². The van der Waals surface area contributed by atoms with Crippen molar-refractivity contribution in [3.63, 3.8) is 0 Å². The second-order valence-corrected chi connectivity index (χ2v) is 5.47. The molecular formula is C18H23N3O. The standard InChI is InChI=1S/C18H23N3O/c1-4-9-15-17(21-18(22)13(3)5-2)19-12-16(20-15)14-10-7-6-8-11-14/h6-8,10-13H,4-5,9H2,1-3H3,(H,19,21,22). The molecule has 0 fully saturated rings. The summed E-state index contributed by atoms with van der Waals surface area (Å²) >= 11 is 0. The Morgan fingerprint density at radius 2 is 1.95 bits per heavy atom. The highest BCUT2D eigenvalue weighted by atomic mass is 16.1. The Labute approximate surface area is 132 Å². The van der Waals surface area contributed by atoms with E-state index in [0.29, 0.717) is 5.82 Å². The van der Waals surface area contributed by atoms with Crippen LogP contribution in [0.4, 0.5) is 5.82 Å². The topological polar surface area (TPSA) is 54.9 Å². The third-order valence-corrected chi connectivity index (χ3v) is 3.70. The molecule has 1 aromatic heterocycles. The molecule has 1 unspecified atom stereocenters. The Morgan fingerprint density at radius 1 is 1.23 bits per heavy atom. The number of carbonyl (C=O) groups excluding carboxylic acids is 1. The van der Waals surface area contributed by atoms with Crippen LogP contribution in [-0.4, -0.2) is 15.9 Å². The number of rotatable bonds is 6. The summed E-state index contributed by atoms with van der Waals surface area (Å²) in [4.78, 5) is 21.2. The molecule has 0 bridgehead atoms. The second kappa shape index (κ2) is 7.69. The van der Waals surface area contributed by atoms with Crippen molar-refractivity contribution in [3.8, 4) is 11.3 Å². The first-order chi connectivity index (χ1) is 10.7. The van der Waals surface area contributed by atoms with Crippen molar-refractivity contribution < 1.29 is 4.79 Å². The van der Waals surface area contributed by atoms with Crippen LogP contribution in [0.15, 0.2) is 36.5 Å². The van der Waals surface area contributed by atoms with E-state index in [2.05, 4.69) is 17.2 Å². The SMILES string of the molecule is CCCc1nc(-c2ccccc2)cnc1NC(=O)C(C)CC. The highest BCUT2D eigenvalue weighted by molar-refractivity contribution is 5.91. The zero-order valence-corrected chi connectivity index (χ0v) is 13.5. The molecule has 1 aromatic carbocycles. The van der Waals surface area contributed by atoms with Crippen LogP contribution in [0, 0.1) is 5.92 Å². The highest BCUT2D eigenvalue weighted by Crippen LogP contribution is 2.21. The van der Waals surface area contributed by atoms with Crippen LogP contribution < -0.4 is 5.32 Å². The maximum absolute atomic E-state index is 12.1. The number of hydrogen-bond donors (Lipinski definition) is 1. The summed E-state index contributed by atoms with van der Waals surface area (Å²) in [7, 11) is 0. The van der Waals surface area contributed by atoms with E-state index in [4.69, 9.17) is 4.98 Å². The van der Waals surface area contributed by atoms with Crippen molar-refractivity contribution in [3.05, 3.63) is 42.2 Å². The number of hydrogen-bond acceptors (Lipinski definition) is 3. The molecule has 1 heterocycles. The van der Waals surface area contributed by atoms with Crippen molar-refractivity contribution in [2.24, 2.45) is 5.92 Å². The Balaban J connectivity index is 2.29. The third kappa shape index (κ3) is 3.91. The van der Waals surface area contributed by atoms with E-state index in [0.717, 1.165) is 36.2 Å². The number of anilines is 1. The van der Waals surface area contributed by atoms with Gasteiger partial charge in [0.1, 0.15) is 0 Å². The summed E-state index contributed by atoms with van der Waals surface area (Å²) in [5.74, 6) is 0.568. The number of benzene rings is 1. The van der Waals surface area contributed by atoms with Gasteiger partial charge in [-0.05, 0) is 12.8 Å². The average molecular weight is 297 g/mol. The first kappa shape index (κ1) is 16.1. The normalized spacial score (nSPS) is 12.0. The van der Waals surface area contributed by atoms with Gasteiger partial charge in [0.2, 0.25) is 5.91 Å². The Hall–Kier alpha value is -2.23. The predicted molar refractivity (Wildman–Crippen MR) is 89.5 cm³/mol. The predicted octanol–water partition coefficient (Wildman–Crippen LogP) is 4.08. The van der Waals surface area contributed by atoms with E-state index in [1.165, 1.54) is 0 Å². The zero-order valence-electron chi connectivity index (χ0n) is 13.5. The number of nitrogens with one attached hydrogen (secondary N) is 1. The third-order valence-electron chi connectivity index (χ3n) is 3.70. The summed E-state index contributed by atoms with van der Waals surface area (Å²) in [5, 5.41) is 2.91. The van der Waals surface area contributed by atoms with Gasteiger partial charge in [0.15, 0.2) is 5.82 Å². The van der Waals surface area contributed by atoms with E-state index in [1.807, 2.05) is 44.2 Å². The Morgan fingerprint density at radius 3 is 2.59 bits per heavy atom. The number of amides is 1. The number of carbonyl (C=O) groups is 1. The van der Waals surface area contributed by atoms with Crippen molar-refractivity contribution in [2.45, 2.75) is 40.0 Å². The molecule has 2 rings (SSSR count). The fourth-order valence-corrected chi connectivity index (χ4v) is 2.12. The lowest BCUT2D eigenvalue weighted by molar-refractivity contribution is -0.119. The molecule has 22 heavy (non-hydrogen) atoms. The smallest absolute Gasteiger partial charge is 0.228 e. The van der Waals surface area contributed by atoms with Gasteiger partial charge >= 0.3 is 0 Å². The number of nitrogens with zero attached hydrogens (tertiary/aromatic N) is 2. The molecule has 1 atom stereocenters. The molecule has 4 nitrogen and oxygen atoms in total. The largest absolute Gasteiger partial charge is 0.309 e. The molecule has 1 amide bonds. The van der Waals surface area contributed by atoms with Crippen LogP contribution in [0.1, 0.15) is 39.3 Å². The van der Waals surface area contributed by atoms with Crippen LogP contribution in [0.25, 0.3) is 11.3 Å². The minimum atomic E-state index is -0.0231. The molecule has 116 valence electrons. The van der Waals surface area contributed by atoms with E-state index in [9.17, 15) is 4.79 Å². The summed E-state index contributed by atoms with van der Waals surface area (Å²) in [5.41, 5.74) is 2.72. The van der Waals surface area contributed by atoms with Gasteiger partial charge in [-0.2, -0.15) is 0 Å². The monoisotopic (exact) mass is 297 g/mol. The lowest BCUT2D eigenvalue weighted by Gasteiger charge is -2.13. The van der Waals surface area contributed by atoms with Gasteiger partial charge < -0.3 is 5.32 Å². The maximum Gasteiger partial charge on any atom is 0.228 e. The lowest BCUT2D eigenvalue weighted by Crippen LogP contribution is -2.21. The first-order valence-electron chi connectivity index (χ1n) is 7.87. The molecular weight excluding hydrogens is 274 g/mol. The van der Waals surface area contributed by atoms with Gasteiger partial charge in [0.05, 0.1) is 17.6 Å². The molecule has 1 N–H and O–H groups in total. The second-order valence-electron chi connectivity index (χ2n) is 5.47. The van der Waals surface area contributed by atoms with Gasteiger partial charge in [-0.15, -0.1) is 0 Å². The average Bonchev–Trinajstić information content (AvgIpc) is 2.56. The summed E-state index contributed by atoms with van der Waals surface area (Å²) in [6.07, 6.45) is 4.29. The molecule has 0 saturated carbocycles. The first-order valence-corrected chi connectivity index (χ1v) is 7.87. The fraction of sp³-hybridized carbons (Fsp3) is 0.389. The molecule has 0 saturated heterocycles. The van der Waals surface area contributed by atoms with E-state index in [1.54, 1.807) is 6.20 Å². The molecule has 2 aromatic rings. The quantitative estimate of drug-likeness (QED) is 0.874. The minimum Gasteiger partial charge on any atom is -0.309 e. The van der Waals surface area contributed by atoms with E-state index < -0.39 is 0 Å². The van der Waals surface area contributed by atoms with Gasteiger partial charge in [-0.25, -0.2) is 9.97 Å². The lowest BCUT2D eigenvalue weighted by atomic mass is 10.1. The molecule has 0 aliphatic rings. The highest BCUT2D eigenvalue weighted by Gasteiger charge is 2.15. The van der Waals surface area contributed by atoms with Crippen LogP contribution >= 0.6 is 0 Å². The number of aryl methyl sites for hydroxylation is 1. The van der Waals surface area contributed by atoms with Crippen molar-refractivity contribution in [1.29, 1.82) is 0 Å². The van der Waals surface area contributed by atoms with Gasteiger partial charge in [-0.3, -0.25) is 4.79 Å². The summed E-state index contributed by atoms with van der Waals surface area (Å²) in [6.45, 7) is 6.01. The van der Waals surface area contributed by atoms with E-state index >= 15 is 0 Å². The maximum atomic E-state index is 12.1. The fourth-order valence-electron chi connectivity index (χ4n) is 2.12. The number of aromatic nitrogens is 2. The Kier molecular flexibility index (Phi) is 5.64. The molecule has 4 heteroatoms. The van der Waals surface area contributed by atoms with Crippen molar-refractivity contribution >= 4 is 11.7 Å². The molecule has 0 aliphatic carbocycles. The van der Waals surface area contributed by atoms with Gasteiger partial charge in [0.25, 0.3) is 0 Å². The zero-order chi connectivity index (χ0) is 15.9. The van der Waals surface area contributed by atoms with Crippen LogP contribution in [0.3, 0.4) is 0 Å². The summed E-state index contributed by atoms with van der Waals surface area (Å²) in [6, 6.07) is 9.96. The van der Waals surface area contributed by atoms with Crippen LogP contribution in [-0.2, 0) is 11.2 Å². The Bertz CT molecular complexity index is 625. The van der Waals surface area contributed by atoms with Crippen LogP contribution in [0.2, 0.25) is 0 Å². The molecule has 0 spiro atoms. The molecule has 0 aliphatic heterocycles. The van der Waals surface area contributed by atoms with E-state index in [-0.39, 0.29) is 11.8 Å². The van der Waals surface area contributed by atoms with Crippen molar-refractivity contribution in [1.82, 2.24) is 9.97 Å². The van der Waals surface area contributed by atoms with Gasteiger partial charge in [0, 0.05) is 11.5 Å². The van der Waals surface area contributed by atoms with Crippen molar-refractivity contribution in [2.75, 3.05) is 5.32 Å². The summed E-state index contributed by atoms with van der Waals surface area (Å²) < 4.78 is 0. The molecule has 0 radical (unpaired) electrons. The van der Waals surface area contributed by atoms with Gasteiger partial charge in [-0.1, -0.05) is 57.5 Å².